The van der Waals surface area contributed by atoms with Gasteiger partial charge in [-0.15, -0.1) is 24.0 Å². The Morgan fingerprint density at radius 3 is 2.65 bits per heavy atom. The molecule has 2 rings (SSSR count). The van der Waals surface area contributed by atoms with Crippen LogP contribution in [0.3, 0.4) is 0 Å². The van der Waals surface area contributed by atoms with Crippen LogP contribution in [0.5, 0.6) is 0 Å². The summed E-state index contributed by atoms with van der Waals surface area (Å²) < 4.78 is 7.22. The van der Waals surface area contributed by atoms with E-state index in [0.29, 0.717) is 12.6 Å². The lowest BCUT2D eigenvalue weighted by Crippen LogP contribution is -2.54. The molecule has 0 radical (unpaired) electrons. The van der Waals surface area contributed by atoms with Crippen LogP contribution in [0.25, 0.3) is 0 Å². The molecule has 2 atom stereocenters. The molecule has 1 aromatic heterocycles. The third-order valence-corrected chi connectivity index (χ3v) is 5.04. The fourth-order valence-corrected chi connectivity index (χ4v) is 3.41. The van der Waals surface area contributed by atoms with Crippen molar-refractivity contribution < 1.29 is 9.53 Å². The molecule has 2 unspecified atom stereocenters. The molecule has 10 heteroatoms. The Kier molecular flexibility index (Phi) is 10.9. The van der Waals surface area contributed by atoms with Gasteiger partial charge in [-0.2, -0.15) is 5.10 Å². The number of halogens is 1. The lowest BCUT2D eigenvalue weighted by Gasteiger charge is -2.34. The van der Waals surface area contributed by atoms with Crippen molar-refractivity contribution in [1.82, 2.24) is 25.7 Å². The van der Waals surface area contributed by atoms with Gasteiger partial charge in [0.15, 0.2) is 5.96 Å². The number of nitrogens with zero attached hydrogens (tertiary/aromatic N) is 4. The van der Waals surface area contributed by atoms with E-state index in [9.17, 15) is 4.79 Å². The number of ether oxygens (including phenoxy) is 1. The number of nitrogens with one attached hydrogen (secondary N) is 3. The second kappa shape index (κ2) is 12.4. The highest BCUT2D eigenvalue weighted by Crippen LogP contribution is 2.19. The zero-order valence-corrected chi connectivity index (χ0v) is 22.3. The number of amides is 1. The fourth-order valence-electron chi connectivity index (χ4n) is 3.41. The van der Waals surface area contributed by atoms with Gasteiger partial charge in [-0.05, 0) is 39.5 Å². The van der Waals surface area contributed by atoms with Crippen LogP contribution in [0.15, 0.2) is 17.4 Å². The van der Waals surface area contributed by atoms with E-state index in [-0.39, 0.29) is 35.9 Å². The Hall–Kier alpha value is -1.72. The molecular formula is C21H40IN7O2. The summed E-state index contributed by atoms with van der Waals surface area (Å²) in [6.45, 7) is 12.2. The number of aryl methyl sites for hydroxylation is 1. The Labute approximate surface area is 203 Å². The summed E-state index contributed by atoms with van der Waals surface area (Å²) in [5.74, 6) is 0.989. The van der Waals surface area contributed by atoms with E-state index in [1.165, 1.54) is 0 Å². The monoisotopic (exact) mass is 549 g/mol. The number of guanidine groups is 1. The minimum absolute atomic E-state index is 0. The molecule has 9 nitrogen and oxygen atoms in total. The molecule has 178 valence electrons. The summed E-state index contributed by atoms with van der Waals surface area (Å²) in [7, 11) is 3.70. The summed E-state index contributed by atoms with van der Waals surface area (Å²) in [5.41, 5.74) is 0.631. The van der Waals surface area contributed by atoms with Gasteiger partial charge in [-0.1, -0.05) is 13.8 Å². The van der Waals surface area contributed by atoms with Crippen molar-refractivity contribution >= 4 is 41.7 Å². The molecule has 31 heavy (non-hydrogen) atoms. The van der Waals surface area contributed by atoms with Crippen LogP contribution in [0.2, 0.25) is 0 Å². The van der Waals surface area contributed by atoms with Gasteiger partial charge in [0.25, 0.3) is 0 Å². The maximum atomic E-state index is 12.2. The smallest absolute Gasteiger partial charge is 0.407 e. The first-order valence-corrected chi connectivity index (χ1v) is 10.8. The van der Waals surface area contributed by atoms with Crippen LogP contribution in [-0.2, 0) is 11.8 Å². The van der Waals surface area contributed by atoms with Gasteiger partial charge >= 0.3 is 6.09 Å². The summed E-state index contributed by atoms with van der Waals surface area (Å²) >= 11 is 0. The van der Waals surface area contributed by atoms with Crippen molar-refractivity contribution in [3.8, 4) is 0 Å². The van der Waals surface area contributed by atoms with E-state index < -0.39 is 11.7 Å². The zero-order valence-electron chi connectivity index (χ0n) is 19.9. The van der Waals surface area contributed by atoms with Crippen LogP contribution in [0.4, 0.5) is 10.5 Å². The lowest BCUT2D eigenvalue weighted by molar-refractivity contribution is 0.0491. The molecule has 0 aromatic carbocycles. The normalized spacial score (nSPS) is 18.3. The molecule has 1 aliphatic heterocycles. The van der Waals surface area contributed by atoms with Crippen molar-refractivity contribution in [1.29, 1.82) is 0 Å². The number of carbonyl (C=O) groups is 1. The van der Waals surface area contributed by atoms with Crippen molar-refractivity contribution in [3.05, 3.63) is 12.4 Å². The van der Waals surface area contributed by atoms with E-state index in [4.69, 9.17) is 4.74 Å². The standard InChI is InChI=1S/C21H39N7O2.HI/c1-15(2)18(26-20(29)30-21(3,4)5)12-23-19(22-6)25-16-9-8-10-28(13-16)17-11-24-27(7)14-17;/h11,14-16,18H,8-10,12-13H2,1-7H3,(H,26,29)(H2,22,23,25);1H. The van der Waals surface area contributed by atoms with Gasteiger partial charge < -0.3 is 25.6 Å². The molecule has 1 fully saturated rings. The highest BCUT2D eigenvalue weighted by molar-refractivity contribution is 14.0. The summed E-state index contributed by atoms with van der Waals surface area (Å²) in [4.78, 5) is 18.9. The maximum absolute atomic E-state index is 12.2. The van der Waals surface area contributed by atoms with E-state index in [2.05, 4.69) is 44.8 Å². The Morgan fingerprint density at radius 1 is 1.39 bits per heavy atom. The van der Waals surface area contributed by atoms with Gasteiger partial charge in [-0.25, -0.2) is 4.79 Å². The number of hydrogen-bond donors (Lipinski definition) is 3. The molecule has 0 spiro atoms. The molecule has 1 amide bonds. The quantitative estimate of drug-likeness (QED) is 0.287. The average molecular weight is 550 g/mol. The molecule has 0 bridgehead atoms. The van der Waals surface area contributed by atoms with Gasteiger partial charge in [0.05, 0.1) is 17.9 Å². The largest absolute Gasteiger partial charge is 0.444 e. The molecule has 1 aliphatic rings. The minimum Gasteiger partial charge on any atom is -0.444 e. The number of carbonyl (C=O) groups excluding carboxylic acids is 1. The van der Waals surface area contributed by atoms with Crippen LogP contribution >= 0.6 is 24.0 Å². The Bertz CT molecular complexity index is 715. The third kappa shape index (κ3) is 9.53. The average Bonchev–Trinajstić information content (AvgIpc) is 3.09. The van der Waals surface area contributed by atoms with E-state index in [1.807, 2.05) is 44.9 Å². The SMILES string of the molecule is CN=C(NCC(NC(=O)OC(C)(C)C)C(C)C)NC1CCCN(c2cnn(C)c2)C1.I. The van der Waals surface area contributed by atoms with Crippen molar-refractivity contribution in [2.75, 3.05) is 31.6 Å². The second-order valence-electron chi connectivity index (χ2n) is 9.25. The topological polar surface area (TPSA) is 95.8 Å². The zero-order chi connectivity index (χ0) is 22.3. The first kappa shape index (κ1) is 27.3. The predicted octanol–water partition coefficient (Wildman–Crippen LogP) is 2.72. The van der Waals surface area contributed by atoms with Gasteiger partial charge in [0.2, 0.25) is 0 Å². The number of anilines is 1. The molecular weight excluding hydrogens is 509 g/mol. The number of aromatic nitrogens is 2. The van der Waals surface area contributed by atoms with Crippen LogP contribution < -0.4 is 20.9 Å². The molecule has 3 N–H and O–H groups in total. The summed E-state index contributed by atoms with van der Waals surface area (Å²) in [6.07, 6.45) is 5.75. The summed E-state index contributed by atoms with van der Waals surface area (Å²) in [6, 6.07) is 0.220. The van der Waals surface area contributed by atoms with Gasteiger partial charge in [0, 0.05) is 46.0 Å². The second-order valence-corrected chi connectivity index (χ2v) is 9.25. The third-order valence-electron chi connectivity index (χ3n) is 5.04. The van der Waals surface area contributed by atoms with Gasteiger partial charge in [0.1, 0.15) is 5.60 Å². The van der Waals surface area contributed by atoms with E-state index in [0.717, 1.165) is 37.6 Å². The van der Waals surface area contributed by atoms with Crippen LogP contribution in [0.1, 0.15) is 47.5 Å². The number of alkyl carbamates (subject to hydrolysis) is 1. The van der Waals surface area contributed by atoms with E-state index >= 15 is 0 Å². The van der Waals surface area contributed by atoms with Crippen LogP contribution in [-0.4, -0.2) is 66.2 Å². The van der Waals surface area contributed by atoms with Crippen molar-refractivity contribution in [3.63, 3.8) is 0 Å². The number of aliphatic imine (C=N–C) groups is 1. The fraction of sp³-hybridized carbons (Fsp3) is 0.762. The van der Waals surface area contributed by atoms with Crippen LogP contribution in [0, 0.1) is 5.92 Å². The Morgan fingerprint density at radius 2 is 2.10 bits per heavy atom. The highest BCUT2D eigenvalue weighted by atomic mass is 127. The molecule has 0 aliphatic carbocycles. The lowest BCUT2D eigenvalue weighted by atomic mass is 10.0. The predicted molar refractivity (Wildman–Crippen MR) is 136 cm³/mol. The number of piperidine rings is 1. The molecule has 2 heterocycles. The van der Waals surface area contributed by atoms with Gasteiger partial charge in [-0.3, -0.25) is 9.67 Å². The molecule has 1 saturated heterocycles. The van der Waals surface area contributed by atoms with E-state index in [1.54, 1.807) is 7.05 Å². The summed E-state index contributed by atoms with van der Waals surface area (Å²) in [5, 5.41) is 14.1. The molecule has 1 aromatic rings. The van der Waals surface area contributed by atoms with Crippen molar-refractivity contribution in [2.24, 2.45) is 18.0 Å². The minimum atomic E-state index is -0.516. The first-order chi connectivity index (χ1) is 14.1. The number of hydrogen-bond acceptors (Lipinski definition) is 5. The van der Waals surface area contributed by atoms with Crippen molar-refractivity contribution in [2.45, 2.75) is 65.1 Å². The Balaban J connectivity index is 0.00000480. The molecule has 0 saturated carbocycles. The number of rotatable bonds is 6. The first-order valence-electron chi connectivity index (χ1n) is 10.8. The maximum Gasteiger partial charge on any atom is 0.407 e. The highest BCUT2D eigenvalue weighted by Gasteiger charge is 2.24.